The third kappa shape index (κ3) is 8.78. The SMILES string of the molecule is CC1(C)OB(c2ccc(-c3ccc(CS(C)(=O)=O)cc3)cc2)OC1(C)C.CS(=O)(=O)Cc1ccc(Br)cc1. The fourth-order valence-corrected chi connectivity index (χ4v) is 5.65. The van der Waals surface area contributed by atoms with Crippen molar-refractivity contribution in [3.8, 4) is 11.1 Å². The lowest BCUT2D eigenvalue weighted by Gasteiger charge is -2.32. The molecule has 0 spiro atoms. The van der Waals surface area contributed by atoms with Gasteiger partial charge in [0.25, 0.3) is 0 Å². The fraction of sp³-hybridized carbons (Fsp3) is 0.357. The predicted octanol–water partition coefficient (Wildman–Crippen LogP) is 5.19. The van der Waals surface area contributed by atoms with E-state index in [0.717, 1.165) is 32.2 Å². The zero-order chi connectivity index (χ0) is 28.4. The molecule has 0 aliphatic carbocycles. The smallest absolute Gasteiger partial charge is 0.399 e. The summed E-state index contributed by atoms with van der Waals surface area (Å²) in [5.41, 5.74) is 4.00. The molecule has 1 saturated heterocycles. The molecule has 10 heteroatoms. The summed E-state index contributed by atoms with van der Waals surface area (Å²) < 4.78 is 57.6. The number of sulfone groups is 2. The molecular formula is C28H34BBrO6S2. The normalized spacial score (nSPS) is 16.6. The maximum atomic E-state index is 11.4. The van der Waals surface area contributed by atoms with Crippen molar-refractivity contribution >= 4 is 48.2 Å². The van der Waals surface area contributed by atoms with E-state index < -0.39 is 19.7 Å². The minimum Gasteiger partial charge on any atom is -0.399 e. The molecule has 0 N–H and O–H groups in total. The van der Waals surface area contributed by atoms with E-state index in [1.54, 1.807) is 12.1 Å². The van der Waals surface area contributed by atoms with E-state index in [-0.39, 0.29) is 29.8 Å². The molecule has 0 aromatic heterocycles. The van der Waals surface area contributed by atoms with Gasteiger partial charge in [0.1, 0.15) is 0 Å². The Morgan fingerprint density at radius 2 is 0.974 bits per heavy atom. The van der Waals surface area contributed by atoms with E-state index in [0.29, 0.717) is 0 Å². The Hall–Kier alpha value is -1.98. The highest BCUT2D eigenvalue weighted by Crippen LogP contribution is 2.36. The Labute approximate surface area is 235 Å². The van der Waals surface area contributed by atoms with Gasteiger partial charge in [-0.15, -0.1) is 0 Å². The van der Waals surface area contributed by atoms with Gasteiger partial charge in [0.2, 0.25) is 0 Å². The lowest BCUT2D eigenvalue weighted by molar-refractivity contribution is 0.00578. The molecule has 1 aliphatic heterocycles. The third-order valence-electron chi connectivity index (χ3n) is 6.49. The first-order valence-electron chi connectivity index (χ1n) is 12.1. The first kappa shape index (κ1) is 30.6. The van der Waals surface area contributed by atoms with Crippen molar-refractivity contribution in [2.75, 3.05) is 12.5 Å². The fourth-order valence-electron chi connectivity index (χ4n) is 3.79. The molecule has 38 heavy (non-hydrogen) atoms. The van der Waals surface area contributed by atoms with Gasteiger partial charge in [-0.3, -0.25) is 0 Å². The van der Waals surface area contributed by atoms with Gasteiger partial charge in [-0.2, -0.15) is 0 Å². The molecule has 3 aromatic rings. The van der Waals surface area contributed by atoms with Gasteiger partial charge in [-0.05, 0) is 67.5 Å². The van der Waals surface area contributed by atoms with Crippen molar-refractivity contribution in [3.63, 3.8) is 0 Å². The summed E-state index contributed by atoms with van der Waals surface area (Å²) in [6.07, 6.45) is 2.48. The van der Waals surface area contributed by atoms with Crippen LogP contribution in [0.2, 0.25) is 0 Å². The number of benzene rings is 3. The largest absolute Gasteiger partial charge is 0.494 e. The van der Waals surface area contributed by atoms with Crippen LogP contribution in [0.1, 0.15) is 38.8 Å². The molecule has 0 unspecified atom stereocenters. The van der Waals surface area contributed by atoms with Crippen LogP contribution >= 0.6 is 15.9 Å². The van der Waals surface area contributed by atoms with Gasteiger partial charge in [0.15, 0.2) is 19.7 Å². The van der Waals surface area contributed by atoms with E-state index in [1.165, 1.54) is 12.5 Å². The molecule has 6 nitrogen and oxygen atoms in total. The van der Waals surface area contributed by atoms with Crippen molar-refractivity contribution in [3.05, 3.63) is 88.4 Å². The van der Waals surface area contributed by atoms with Gasteiger partial charge >= 0.3 is 7.12 Å². The number of halogens is 1. The van der Waals surface area contributed by atoms with Crippen LogP contribution in [0.25, 0.3) is 11.1 Å². The Kier molecular flexibility index (Phi) is 9.36. The molecule has 0 saturated carbocycles. The molecule has 1 heterocycles. The second kappa shape index (κ2) is 11.6. The third-order valence-corrected chi connectivity index (χ3v) is 8.74. The van der Waals surface area contributed by atoms with Gasteiger partial charge in [-0.1, -0.05) is 76.6 Å². The van der Waals surface area contributed by atoms with E-state index in [4.69, 9.17) is 9.31 Å². The Bertz CT molecular complexity index is 1430. The minimum absolute atomic E-state index is 0.0636. The molecule has 0 bridgehead atoms. The molecule has 0 atom stereocenters. The van der Waals surface area contributed by atoms with Crippen LogP contribution in [0.3, 0.4) is 0 Å². The molecule has 4 rings (SSSR count). The van der Waals surface area contributed by atoms with Crippen LogP contribution in [0.5, 0.6) is 0 Å². The molecule has 1 fully saturated rings. The topological polar surface area (TPSA) is 86.7 Å². The number of hydrogen-bond donors (Lipinski definition) is 0. The number of rotatable bonds is 6. The highest BCUT2D eigenvalue weighted by molar-refractivity contribution is 9.10. The zero-order valence-electron chi connectivity index (χ0n) is 22.6. The molecule has 3 aromatic carbocycles. The van der Waals surface area contributed by atoms with E-state index in [1.807, 2.05) is 88.4 Å². The highest BCUT2D eigenvalue weighted by atomic mass is 79.9. The van der Waals surface area contributed by atoms with Crippen LogP contribution in [0.15, 0.2) is 77.3 Å². The van der Waals surface area contributed by atoms with Gasteiger partial charge in [0, 0.05) is 17.0 Å². The quantitative estimate of drug-likeness (QED) is 0.353. The predicted molar refractivity (Wildman–Crippen MR) is 159 cm³/mol. The first-order chi connectivity index (χ1) is 17.4. The minimum atomic E-state index is -3.02. The van der Waals surface area contributed by atoms with Crippen molar-refractivity contribution in [2.24, 2.45) is 0 Å². The van der Waals surface area contributed by atoms with Gasteiger partial charge in [0.05, 0.1) is 22.7 Å². The number of hydrogen-bond acceptors (Lipinski definition) is 6. The maximum Gasteiger partial charge on any atom is 0.494 e. The van der Waals surface area contributed by atoms with Crippen molar-refractivity contribution in [1.29, 1.82) is 0 Å². The summed E-state index contributed by atoms with van der Waals surface area (Å²) in [5.74, 6) is 0.175. The molecular weight excluding hydrogens is 587 g/mol. The average molecular weight is 621 g/mol. The molecule has 0 radical (unpaired) electrons. The summed E-state index contributed by atoms with van der Waals surface area (Å²) in [6, 6.07) is 23.0. The summed E-state index contributed by atoms with van der Waals surface area (Å²) in [4.78, 5) is 0. The van der Waals surface area contributed by atoms with Crippen LogP contribution in [0.4, 0.5) is 0 Å². The van der Waals surface area contributed by atoms with Crippen molar-refractivity contribution < 1.29 is 26.1 Å². The summed E-state index contributed by atoms with van der Waals surface area (Å²) in [5, 5.41) is 0. The summed E-state index contributed by atoms with van der Waals surface area (Å²) in [7, 11) is -6.29. The lowest BCUT2D eigenvalue weighted by atomic mass is 9.78. The zero-order valence-corrected chi connectivity index (χ0v) is 25.8. The monoisotopic (exact) mass is 620 g/mol. The van der Waals surface area contributed by atoms with E-state index >= 15 is 0 Å². The van der Waals surface area contributed by atoms with Gasteiger partial charge in [-0.25, -0.2) is 16.8 Å². The standard InChI is InChI=1S/C20H25BO4S.C8H9BrO2S/c1-19(2)20(3,4)25-21(24-19)18-12-10-17(11-13-18)16-8-6-15(7-9-16)14-26(5,22)23;1-12(10,11)6-7-2-4-8(9)5-3-7/h6-13H,14H2,1-5H3;2-5H,6H2,1H3. The second-order valence-corrected chi connectivity index (χ2v) is 15.9. The van der Waals surface area contributed by atoms with E-state index in [2.05, 4.69) is 15.9 Å². The Morgan fingerprint density at radius 1 is 0.632 bits per heavy atom. The van der Waals surface area contributed by atoms with Crippen LogP contribution in [-0.4, -0.2) is 47.7 Å². The van der Waals surface area contributed by atoms with Crippen molar-refractivity contribution in [2.45, 2.75) is 50.4 Å². The average Bonchev–Trinajstić information content (AvgIpc) is 3.01. The highest BCUT2D eigenvalue weighted by Gasteiger charge is 2.51. The summed E-state index contributed by atoms with van der Waals surface area (Å²) in [6.45, 7) is 8.16. The second-order valence-electron chi connectivity index (χ2n) is 10.7. The summed E-state index contributed by atoms with van der Waals surface area (Å²) >= 11 is 3.28. The Morgan fingerprint density at radius 3 is 1.34 bits per heavy atom. The maximum absolute atomic E-state index is 11.4. The Balaban J connectivity index is 0.000000279. The van der Waals surface area contributed by atoms with Gasteiger partial charge < -0.3 is 9.31 Å². The van der Waals surface area contributed by atoms with Crippen molar-refractivity contribution in [1.82, 2.24) is 0 Å². The lowest BCUT2D eigenvalue weighted by Crippen LogP contribution is -2.41. The first-order valence-corrected chi connectivity index (χ1v) is 17.0. The van der Waals surface area contributed by atoms with Crippen LogP contribution in [-0.2, 0) is 40.5 Å². The molecule has 204 valence electrons. The van der Waals surface area contributed by atoms with E-state index in [9.17, 15) is 16.8 Å². The molecule has 1 aliphatic rings. The van der Waals surface area contributed by atoms with Crippen LogP contribution < -0.4 is 5.46 Å². The van der Waals surface area contributed by atoms with Crippen LogP contribution in [0, 0.1) is 0 Å². The molecule has 0 amide bonds.